The fraction of sp³-hybridized carbons (Fsp3) is 0.500. The molecule has 0 spiro atoms. The normalized spacial score (nSPS) is 20.9. The van der Waals surface area contributed by atoms with E-state index in [1.54, 1.807) is 0 Å². The molecule has 1 aliphatic heterocycles. The lowest BCUT2D eigenvalue weighted by atomic mass is 10.0. The third-order valence-corrected chi connectivity index (χ3v) is 3.47. The highest BCUT2D eigenvalue weighted by Gasteiger charge is 2.16. The predicted octanol–water partition coefficient (Wildman–Crippen LogP) is 0.888. The van der Waals surface area contributed by atoms with Crippen molar-refractivity contribution in [1.82, 2.24) is 10.2 Å². The Bertz CT molecular complexity index is 445. The van der Waals surface area contributed by atoms with Crippen molar-refractivity contribution in [3.63, 3.8) is 0 Å². The second-order valence-electron chi connectivity index (χ2n) is 5.10. The van der Waals surface area contributed by atoms with Crippen molar-refractivity contribution >= 4 is 5.91 Å². The summed E-state index contributed by atoms with van der Waals surface area (Å²) < 4.78 is 0. The molecule has 1 amide bonds. The van der Waals surface area contributed by atoms with E-state index in [1.165, 1.54) is 5.56 Å². The molecule has 0 radical (unpaired) electrons. The number of nitrogens with zero attached hydrogens (tertiary/aromatic N) is 1. The maximum Gasteiger partial charge on any atom is 0.248 e. The quantitative estimate of drug-likeness (QED) is 0.834. The summed E-state index contributed by atoms with van der Waals surface area (Å²) in [5, 5.41) is 3.43. The Hall–Kier alpha value is -1.39. The smallest absolute Gasteiger partial charge is 0.248 e. The summed E-state index contributed by atoms with van der Waals surface area (Å²) in [6.07, 6.45) is 0. The minimum atomic E-state index is -0.361. The van der Waals surface area contributed by atoms with E-state index < -0.39 is 0 Å². The van der Waals surface area contributed by atoms with Gasteiger partial charge in [0.25, 0.3) is 0 Å². The third-order valence-electron chi connectivity index (χ3n) is 3.47. The molecular formula is C14H21N3O. The summed E-state index contributed by atoms with van der Waals surface area (Å²) in [7, 11) is 0. The first-order chi connectivity index (χ1) is 8.56. The van der Waals surface area contributed by atoms with E-state index in [4.69, 9.17) is 5.73 Å². The van der Waals surface area contributed by atoms with E-state index in [0.29, 0.717) is 11.6 Å². The molecule has 4 heteroatoms. The molecule has 98 valence electrons. The van der Waals surface area contributed by atoms with Crippen molar-refractivity contribution in [3.05, 3.63) is 34.9 Å². The molecule has 1 fully saturated rings. The van der Waals surface area contributed by atoms with Gasteiger partial charge in [-0.1, -0.05) is 6.07 Å². The Kier molecular flexibility index (Phi) is 3.99. The average molecular weight is 247 g/mol. The molecule has 18 heavy (non-hydrogen) atoms. The number of carbonyl (C=O) groups is 1. The summed E-state index contributed by atoms with van der Waals surface area (Å²) in [4.78, 5) is 13.5. The minimum Gasteiger partial charge on any atom is -0.366 e. The van der Waals surface area contributed by atoms with Gasteiger partial charge in [0.1, 0.15) is 0 Å². The van der Waals surface area contributed by atoms with Crippen LogP contribution in [-0.4, -0.2) is 36.5 Å². The van der Waals surface area contributed by atoms with Gasteiger partial charge in [0, 0.05) is 37.8 Å². The van der Waals surface area contributed by atoms with Gasteiger partial charge in [0.2, 0.25) is 5.91 Å². The Morgan fingerprint density at radius 2 is 2.33 bits per heavy atom. The molecule has 2 rings (SSSR count). The predicted molar refractivity (Wildman–Crippen MR) is 72.4 cm³/mol. The molecule has 1 atom stereocenters. The summed E-state index contributed by atoms with van der Waals surface area (Å²) >= 11 is 0. The number of nitrogens with one attached hydrogen (secondary N) is 1. The molecule has 0 bridgehead atoms. The highest BCUT2D eigenvalue weighted by atomic mass is 16.1. The van der Waals surface area contributed by atoms with Crippen LogP contribution in [0.2, 0.25) is 0 Å². The van der Waals surface area contributed by atoms with E-state index in [2.05, 4.69) is 17.1 Å². The molecule has 0 saturated carbocycles. The number of benzene rings is 1. The summed E-state index contributed by atoms with van der Waals surface area (Å²) in [6.45, 7) is 8.36. The lowest BCUT2D eigenvalue weighted by molar-refractivity contribution is 0.1000. The van der Waals surface area contributed by atoms with Gasteiger partial charge < -0.3 is 11.1 Å². The van der Waals surface area contributed by atoms with E-state index >= 15 is 0 Å². The van der Waals surface area contributed by atoms with Crippen LogP contribution >= 0.6 is 0 Å². The number of piperazine rings is 1. The van der Waals surface area contributed by atoms with E-state index in [1.807, 2.05) is 25.1 Å². The molecule has 1 aliphatic rings. The number of amides is 1. The fourth-order valence-corrected chi connectivity index (χ4v) is 2.42. The molecule has 1 heterocycles. The van der Waals surface area contributed by atoms with Crippen molar-refractivity contribution in [2.45, 2.75) is 26.4 Å². The van der Waals surface area contributed by atoms with Crippen LogP contribution in [-0.2, 0) is 6.54 Å². The van der Waals surface area contributed by atoms with Crippen LogP contribution in [0.5, 0.6) is 0 Å². The molecule has 1 aromatic rings. The maximum atomic E-state index is 11.1. The monoisotopic (exact) mass is 247 g/mol. The topological polar surface area (TPSA) is 58.4 Å². The van der Waals surface area contributed by atoms with Gasteiger partial charge in [0.05, 0.1) is 0 Å². The van der Waals surface area contributed by atoms with Crippen LogP contribution in [0.3, 0.4) is 0 Å². The number of nitrogens with two attached hydrogens (primary N) is 1. The lowest BCUT2D eigenvalue weighted by Gasteiger charge is -2.32. The fourth-order valence-electron chi connectivity index (χ4n) is 2.42. The average Bonchev–Trinajstić information content (AvgIpc) is 2.31. The molecule has 0 aromatic heterocycles. The first-order valence-electron chi connectivity index (χ1n) is 6.41. The summed E-state index contributed by atoms with van der Waals surface area (Å²) in [5.74, 6) is -0.361. The van der Waals surface area contributed by atoms with Crippen LogP contribution in [0.25, 0.3) is 0 Å². The molecule has 1 saturated heterocycles. The molecule has 3 N–H and O–H groups in total. The first-order valence-corrected chi connectivity index (χ1v) is 6.41. The van der Waals surface area contributed by atoms with Gasteiger partial charge in [-0.25, -0.2) is 0 Å². The van der Waals surface area contributed by atoms with E-state index in [0.717, 1.165) is 31.7 Å². The second kappa shape index (κ2) is 5.50. The first kappa shape index (κ1) is 13.1. The number of rotatable bonds is 3. The summed E-state index contributed by atoms with van der Waals surface area (Å²) in [5.41, 5.74) is 8.27. The number of carbonyl (C=O) groups excluding carboxylic acids is 1. The number of primary amides is 1. The molecule has 1 aromatic carbocycles. The zero-order chi connectivity index (χ0) is 13.1. The largest absolute Gasteiger partial charge is 0.366 e. The van der Waals surface area contributed by atoms with Crippen LogP contribution in [0, 0.1) is 6.92 Å². The minimum absolute atomic E-state index is 0.361. The van der Waals surface area contributed by atoms with Gasteiger partial charge >= 0.3 is 0 Å². The van der Waals surface area contributed by atoms with Gasteiger partial charge in [-0.05, 0) is 37.1 Å². The van der Waals surface area contributed by atoms with Gasteiger partial charge in [-0.2, -0.15) is 0 Å². The van der Waals surface area contributed by atoms with Gasteiger partial charge in [0.15, 0.2) is 0 Å². The number of hydrogen-bond donors (Lipinski definition) is 2. The maximum absolute atomic E-state index is 11.1. The molecule has 0 aliphatic carbocycles. The number of hydrogen-bond acceptors (Lipinski definition) is 3. The van der Waals surface area contributed by atoms with Crippen molar-refractivity contribution in [2.24, 2.45) is 5.73 Å². The zero-order valence-corrected chi connectivity index (χ0v) is 11.1. The molecule has 4 nitrogen and oxygen atoms in total. The third kappa shape index (κ3) is 3.09. The highest BCUT2D eigenvalue weighted by molar-refractivity contribution is 5.93. The van der Waals surface area contributed by atoms with Crippen molar-refractivity contribution in [2.75, 3.05) is 19.6 Å². The van der Waals surface area contributed by atoms with Crippen LogP contribution in [0.4, 0.5) is 0 Å². The number of aryl methyl sites for hydroxylation is 1. The molecular weight excluding hydrogens is 226 g/mol. The van der Waals surface area contributed by atoms with Crippen molar-refractivity contribution < 1.29 is 4.79 Å². The SMILES string of the molecule is Cc1cc(C(N)=O)ccc1CN1CCNC(C)C1. The Morgan fingerprint density at radius 1 is 1.56 bits per heavy atom. The van der Waals surface area contributed by atoms with Gasteiger partial charge in [-0.15, -0.1) is 0 Å². The van der Waals surface area contributed by atoms with E-state index in [-0.39, 0.29) is 5.91 Å². The Labute approximate surface area is 108 Å². The lowest BCUT2D eigenvalue weighted by Crippen LogP contribution is -2.48. The highest BCUT2D eigenvalue weighted by Crippen LogP contribution is 2.14. The Morgan fingerprint density at radius 3 is 2.94 bits per heavy atom. The summed E-state index contributed by atoms with van der Waals surface area (Å²) in [6, 6.07) is 6.26. The zero-order valence-electron chi connectivity index (χ0n) is 11.1. The van der Waals surface area contributed by atoms with E-state index in [9.17, 15) is 4.79 Å². The van der Waals surface area contributed by atoms with Crippen molar-refractivity contribution in [3.8, 4) is 0 Å². The van der Waals surface area contributed by atoms with Crippen LogP contribution in [0.15, 0.2) is 18.2 Å². The van der Waals surface area contributed by atoms with Crippen LogP contribution < -0.4 is 11.1 Å². The second-order valence-corrected chi connectivity index (χ2v) is 5.10. The standard InChI is InChI=1S/C14H21N3O/c1-10-7-12(14(15)18)3-4-13(10)9-17-6-5-16-11(2)8-17/h3-4,7,11,16H,5-6,8-9H2,1-2H3,(H2,15,18). The van der Waals surface area contributed by atoms with Crippen LogP contribution in [0.1, 0.15) is 28.4 Å². The van der Waals surface area contributed by atoms with Crippen molar-refractivity contribution in [1.29, 1.82) is 0 Å². The molecule has 1 unspecified atom stereocenters. The van der Waals surface area contributed by atoms with Gasteiger partial charge in [-0.3, -0.25) is 9.69 Å². The Balaban J connectivity index is 2.07.